The fourth-order valence-electron chi connectivity index (χ4n) is 4.05. The first-order valence-corrected chi connectivity index (χ1v) is 10.3. The summed E-state index contributed by atoms with van der Waals surface area (Å²) in [5.74, 6) is -0.0182. The summed E-state index contributed by atoms with van der Waals surface area (Å²) < 4.78 is 14.0. The Bertz CT molecular complexity index is 802. The molecule has 154 valence electrons. The number of anilines is 1. The molecule has 2 aromatic rings. The van der Waals surface area contributed by atoms with E-state index in [0.717, 1.165) is 32.7 Å². The van der Waals surface area contributed by atoms with Crippen molar-refractivity contribution >= 4 is 11.6 Å². The van der Waals surface area contributed by atoms with Crippen LogP contribution in [0.5, 0.6) is 0 Å². The molecule has 0 bridgehead atoms. The number of piperazine rings is 2. The van der Waals surface area contributed by atoms with Gasteiger partial charge in [-0.2, -0.15) is 0 Å². The lowest BCUT2D eigenvalue weighted by atomic mass is 10.2. The summed E-state index contributed by atoms with van der Waals surface area (Å²) in [7, 11) is 0. The van der Waals surface area contributed by atoms with Crippen molar-refractivity contribution in [1.29, 1.82) is 0 Å². The third-order valence-corrected chi connectivity index (χ3v) is 5.78. The summed E-state index contributed by atoms with van der Waals surface area (Å²) >= 11 is 0. The quantitative estimate of drug-likeness (QED) is 0.768. The first-order valence-electron chi connectivity index (χ1n) is 10.3. The topological polar surface area (TPSA) is 42.9 Å². The minimum atomic E-state index is -0.198. The minimum Gasteiger partial charge on any atom is -0.366 e. The number of hydrogen-bond acceptors (Lipinski definition) is 5. The highest BCUT2D eigenvalue weighted by Crippen LogP contribution is 2.20. The molecule has 2 saturated heterocycles. The van der Waals surface area contributed by atoms with Crippen molar-refractivity contribution in [3.63, 3.8) is 0 Å². The lowest BCUT2D eigenvalue weighted by molar-refractivity contribution is -0.133. The van der Waals surface area contributed by atoms with Crippen LogP contribution in [0.4, 0.5) is 10.1 Å². The van der Waals surface area contributed by atoms with Gasteiger partial charge < -0.3 is 9.80 Å². The Morgan fingerprint density at radius 3 is 2.31 bits per heavy atom. The molecule has 0 spiro atoms. The van der Waals surface area contributed by atoms with E-state index >= 15 is 0 Å². The van der Waals surface area contributed by atoms with Gasteiger partial charge in [0.1, 0.15) is 5.82 Å². The molecule has 2 aliphatic heterocycles. The van der Waals surface area contributed by atoms with E-state index in [1.54, 1.807) is 18.3 Å². The summed E-state index contributed by atoms with van der Waals surface area (Å²) in [5.41, 5.74) is 1.86. The zero-order valence-corrected chi connectivity index (χ0v) is 16.7. The number of carbonyl (C=O) groups is 1. The maximum atomic E-state index is 14.0. The number of halogens is 1. The fraction of sp³-hybridized carbons (Fsp3) is 0.455. The molecule has 2 fully saturated rings. The first-order chi connectivity index (χ1) is 14.2. The monoisotopic (exact) mass is 397 g/mol. The van der Waals surface area contributed by atoms with E-state index in [0.29, 0.717) is 38.4 Å². The van der Waals surface area contributed by atoms with Gasteiger partial charge in [-0.15, -0.1) is 0 Å². The number of benzene rings is 1. The second kappa shape index (κ2) is 9.33. The van der Waals surface area contributed by atoms with Crippen LogP contribution in [0.15, 0.2) is 48.8 Å². The second-order valence-electron chi connectivity index (χ2n) is 7.73. The zero-order chi connectivity index (χ0) is 20.1. The molecule has 0 atom stereocenters. The number of rotatable bonds is 5. The molecule has 0 unspecified atom stereocenters. The van der Waals surface area contributed by atoms with E-state index in [4.69, 9.17) is 0 Å². The molecule has 0 saturated carbocycles. The number of amides is 1. The minimum absolute atomic E-state index is 0.180. The Balaban J connectivity index is 1.20. The summed E-state index contributed by atoms with van der Waals surface area (Å²) in [5, 5.41) is 0. The van der Waals surface area contributed by atoms with Crippen molar-refractivity contribution in [2.24, 2.45) is 0 Å². The molecule has 4 rings (SSSR count). The maximum Gasteiger partial charge on any atom is 0.236 e. The fourth-order valence-corrected chi connectivity index (χ4v) is 4.05. The van der Waals surface area contributed by atoms with Gasteiger partial charge in [0.25, 0.3) is 0 Å². The molecular weight excluding hydrogens is 369 g/mol. The smallest absolute Gasteiger partial charge is 0.236 e. The molecule has 0 radical (unpaired) electrons. The van der Waals surface area contributed by atoms with Crippen molar-refractivity contribution in [3.05, 3.63) is 60.2 Å². The van der Waals surface area contributed by atoms with Gasteiger partial charge in [0, 0.05) is 71.3 Å². The Labute approximate surface area is 171 Å². The SMILES string of the molecule is O=C(CN1CCN(Cc2cccnc2)CC1)N1CCN(c2ccccc2F)CC1. The van der Waals surface area contributed by atoms with Crippen LogP contribution < -0.4 is 4.90 Å². The molecule has 3 heterocycles. The number of hydrogen-bond donors (Lipinski definition) is 0. The van der Waals surface area contributed by atoms with Crippen molar-refractivity contribution < 1.29 is 9.18 Å². The molecule has 2 aliphatic rings. The predicted molar refractivity (Wildman–Crippen MR) is 111 cm³/mol. The number of nitrogens with zero attached hydrogens (tertiary/aromatic N) is 5. The van der Waals surface area contributed by atoms with E-state index < -0.39 is 0 Å². The van der Waals surface area contributed by atoms with Gasteiger partial charge in [-0.3, -0.25) is 19.6 Å². The molecule has 1 aromatic carbocycles. The largest absolute Gasteiger partial charge is 0.366 e. The van der Waals surface area contributed by atoms with Crippen LogP contribution in [0.25, 0.3) is 0 Å². The van der Waals surface area contributed by atoms with Gasteiger partial charge in [-0.1, -0.05) is 18.2 Å². The third kappa shape index (κ3) is 5.10. The molecule has 6 nitrogen and oxygen atoms in total. The van der Waals surface area contributed by atoms with E-state index in [9.17, 15) is 9.18 Å². The summed E-state index contributed by atoms with van der Waals surface area (Å²) in [6.07, 6.45) is 3.71. The van der Waals surface area contributed by atoms with Gasteiger partial charge in [-0.05, 0) is 23.8 Å². The van der Waals surface area contributed by atoms with Gasteiger partial charge >= 0.3 is 0 Å². The van der Waals surface area contributed by atoms with Crippen LogP contribution >= 0.6 is 0 Å². The van der Waals surface area contributed by atoms with Crippen LogP contribution in [0.1, 0.15) is 5.56 Å². The van der Waals surface area contributed by atoms with Crippen LogP contribution in [-0.2, 0) is 11.3 Å². The number of carbonyl (C=O) groups excluding carboxylic acids is 1. The lowest BCUT2D eigenvalue weighted by Crippen LogP contribution is -2.53. The van der Waals surface area contributed by atoms with E-state index in [2.05, 4.69) is 20.9 Å². The first kappa shape index (κ1) is 19.8. The van der Waals surface area contributed by atoms with Gasteiger partial charge in [0.2, 0.25) is 5.91 Å². The van der Waals surface area contributed by atoms with Crippen LogP contribution in [0, 0.1) is 5.82 Å². The Morgan fingerprint density at radius 2 is 1.62 bits per heavy atom. The zero-order valence-electron chi connectivity index (χ0n) is 16.7. The Morgan fingerprint density at radius 1 is 0.897 bits per heavy atom. The number of para-hydroxylation sites is 1. The van der Waals surface area contributed by atoms with Gasteiger partial charge in [-0.25, -0.2) is 4.39 Å². The van der Waals surface area contributed by atoms with Crippen LogP contribution in [0.2, 0.25) is 0 Å². The second-order valence-corrected chi connectivity index (χ2v) is 7.73. The molecule has 0 N–H and O–H groups in total. The summed E-state index contributed by atoms with van der Waals surface area (Å²) in [4.78, 5) is 25.5. The normalized spacial score (nSPS) is 18.8. The standard InChI is InChI=1S/C22H28FN5O/c23-20-5-1-2-6-21(20)27-12-14-28(15-13-27)22(29)18-26-10-8-25(9-11-26)17-19-4-3-7-24-16-19/h1-7,16H,8-15,17-18H2. The Hall–Kier alpha value is -2.51. The lowest BCUT2D eigenvalue weighted by Gasteiger charge is -2.38. The van der Waals surface area contributed by atoms with E-state index in [-0.39, 0.29) is 11.7 Å². The number of pyridine rings is 1. The molecular formula is C22H28FN5O. The molecule has 1 amide bonds. The van der Waals surface area contributed by atoms with Crippen molar-refractivity contribution in [2.75, 3.05) is 63.8 Å². The van der Waals surface area contributed by atoms with Gasteiger partial charge in [0.15, 0.2) is 0 Å². The molecule has 29 heavy (non-hydrogen) atoms. The summed E-state index contributed by atoms with van der Waals surface area (Å²) in [6.45, 7) is 7.75. The predicted octanol–water partition coefficient (Wildman–Crippen LogP) is 1.69. The molecule has 0 aliphatic carbocycles. The number of aromatic nitrogens is 1. The highest BCUT2D eigenvalue weighted by Gasteiger charge is 2.25. The van der Waals surface area contributed by atoms with Crippen LogP contribution in [-0.4, -0.2) is 84.5 Å². The van der Waals surface area contributed by atoms with Crippen LogP contribution in [0.3, 0.4) is 0 Å². The molecule has 1 aromatic heterocycles. The van der Waals surface area contributed by atoms with Gasteiger partial charge in [0.05, 0.1) is 12.2 Å². The average molecular weight is 397 g/mol. The highest BCUT2D eigenvalue weighted by atomic mass is 19.1. The van der Waals surface area contributed by atoms with Crippen molar-refractivity contribution in [2.45, 2.75) is 6.54 Å². The Kier molecular flexibility index (Phi) is 6.36. The third-order valence-electron chi connectivity index (χ3n) is 5.78. The van der Waals surface area contributed by atoms with Crippen molar-refractivity contribution in [1.82, 2.24) is 19.7 Å². The summed E-state index contributed by atoms with van der Waals surface area (Å²) in [6, 6.07) is 10.9. The highest BCUT2D eigenvalue weighted by molar-refractivity contribution is 5.78. The van der Waals surface area contributed by atoms with Crippen molar-refractivity contribution in [3.8, 4) is 0 Å². The average Bonchev–Trinajstić information content (AvgIpc) is 2.76. The maximum absolute atomic E-state index is 14.0. The molecule has 7 heteroatoms. The van der Waals surface area contributed by atoms with E-state index in [1.807, 2.05) is 28.1 Å². The van der Waals surface area contributed by atoms with E-state index in [1.165, 1.54) is 11.6 Å².